The van der Waals surface area contributed by atoms with Crippen LogP contribution in [0, 0.1) is 13.3 Å². The van der Waals surface area contributed by atoms with Gasteiger partial charge in [0.25, 0.3) is 0 Å². The summed E-state index contributed by atoms with van der Waals surface area (Å²) in [5.74, 6) is 0. The van der Waals surface area contributed by atoms with Gasteiger partial charge in [0.05, 0.1) is 0 Å². The molecular weight excluding hydrogens is 72.1 g/mol. The summed E-state index contributed by atoms with van der Waals surface area (Å²) in [6.45, 7) is 9.50. The van der Waals surface area contributed by atoms with Gasteiger partial charge < -0.3 is 0 Å². The highest BCUT2D eigenvalue weighted by molar-refractivity contribution is 4.34. The van der Waals surface area contributed by atoms with Crippen molar-refractivity contribution in [3.63, 3.8) is 0 Å². The zero-order valence-electron chi connectivity index (χ0n) is 4.99. The largest absolute Gasteiger partial charge is 0.0654 e. The second-order valence-corrected chi connectivity index (χ2v) is 1.08. The lowest BCUT2D eigenvalue weighted by Gasteiger charge is -1.47. The molecule has 38 valence electrons. The van der Waals surface area contributed by atoms with Crippen LogP contribution in [-0.2, 0) is 0 Å². The topological polar surface area (TPSA) is 0 Å². The molecule has 0 aliphatic rings. The molecule has 0 amide bonds. The molecular formula is C6H14. The third-order valence-electron chi connectivity index (χ3n) is 0. The summed E-state index contributed by atoms with van der Waals surface area (Å²) in [5.41, 5.74) is 0. The van der Waals surface area contributed by atoms with E-state index in [9.17, 15) is 0 Å². The number of hydrogen-bond acceptors (Lipinski definition) is 0. The van der Waals surface area contributed by atoms with E-state index in [1.807, 2.05) is 27.2 Å². The van der Waals surface area contributed by atoms with E-state index in [0.29, 0.717) is 0 Å². The van der Waals surface area contributed by atoms with Gasteiger partial charge in [-0.1, -0.05) is 34.1 Å². The molecule has 0 atom stereocenters. The minimum atomic E-state index is 1.00. The van der Waals surface area contributed by atoms with Crippen molar-refractivity contribution in [3.8, 4) is 0 Å². The predicted octanol–water partition coefficient (Wildman–Crippen LogP) is 2.46. The molecule has 0 N–H and O–H groups in total. The Labute approximate surface area is 41.6 Å². The van der Waals surface area contributed by atoms with Gasteiger partial charge in [0.15, 0.2) is 0 Å². The first-order valence-electron chi connectivity index (χ1n) is 2.36. The fourth-order valence-corrected chi connectivity index (χ4v) is 0. The molecule has 2 radical (unpaired) electrons. The van der Waals surface area contributed by atoms with Gasteiger partial charge in [-0.05, 0) is 6.42 Å². The molecule has 0 bridgehead atoms. The van der Waals surface area contributed by atoms with Crippen LogP contribution in [0.25, 0.3) is 0 Å². The van der Waals surface area contributed by atoms with Gasteiger partial charge in [-0.15, -0.1) is 0 Å². The van der Waals surface area contributed by atoms with E-state index >= 15 is 0 Å². The molecule has 0 aliphatic carbocycles. The van der Waals surface area contributed by atoms with Crippen LogP contribution in [-0.4, -0.2) is 0 Å². The molecule has 0 aliphatic heterocycles. The molecule has 0 heterocycles. The maximum absolute atomic E-state index is 3.49. The van der Waals surface area contributed by atoms with Crippen molar-refractivity contribution in [1.82, 2.24) is 0 Å². The Balaban J connectivity index is 0. The maximum atomic E-state index is 3.49. The Morgan fingerprint density at radius 3 is 1.50 bits per heavy atom. The highest BCUT2D eigenvalue weighted by Crippen LogP contribution is 1.54. The van der Waals surface area contributed by atoms with Gasteiger partial charge >= 0.3 is 0 Å². The number of rotatable bonds is 0. The van der Waals surface area contributed by atoms with Gasteiger partial charge in [-0.25, -0.2) is 0 Å². The maximum Gasteiger partial charge on any atom is -0.0448 e. The number of hydrogen-bond donors (Lipinski definition) is 0. The molecule has 0 rings (SSSR count). The van der Waals surface area contributed by atoms with E-state index in [-0.39, 0.29) is 0 Å². The van der Waals surface area contributed by atoms with Crippen LogP contribution in [0.15, 0.2) is 0 Å². The first kappa shape index (κ1) is 9.38. The highest BCUT2D eigenvalue weighted by Gasteiger charge is 1.36. The van der Waals surface area contributed by atoms with Crippen LogP contribution in [0.1, 0.15) is 27.2 Å². The summed E-state index contributed by atoms with van der Waals surface area (Å²) in [5, 5.41) is 0. The normalized spacial score (nSPS) is 6.00. The van der Waals surface area contributed by atoms with Gasteiger partial charge in [-0.2, -0.15) is 0 Å². The zero-order valence-corrected chi connectivity index (χ0v) is 4.99. The lowest BCUT2D eigenvalue weighted by atomic mass is 10.6. The van der Waals surface area contributed by atoms with Crippen molar-refractivity contribution in [2.24, 2.45) is 0 Å². The van der Waals surface area contributed by atoms with Crippen molar-refractivity contribution in [1.29, 1.82) is 0 Å². The Morgan fingerprint density at radius 2 is 1.50 bits per heavy atom. The molecule has 0 unspecified atom stereocenters. The van der Waals surface area contributed by atoms with Crippen LogP contribution >= 0.6 is 0 Å². The zero-order chi connectivity index (χ0) is 5.41. The molecule has 0 aromatic heterocycles. The lowest BCUT2D eigenvalue weighted by molar-refractivity contribution is 1.23. The smallest absolute Gasteiger partial charge is 0.0448 e. The van der Waals surface area contributed by atoms with E-state index in [1.54, 1.807) is 0 Å². The van der Waals surface area contributed by atoms with Crippen LogP contribution in [0.2, 0.25) is 0 Å². The Morgan fingerprint density at radius 1 is 1.50 bits per heavy atom. The van der Waals surface area contributed by atoms with Gasteiger partial charge in [0.1, 0.15) is 0 Å². The molecule has 0 heteroatoms. The molecule has 0 aromatic rings. The molecule has 6 heavy (non-hydrogen) atoms. The second-order valence-electron chi connectivity index (χ2n) is 1.08. The molecule has 0 saturated carbocycles. The summed E-state index contributed by atoms with van der Waals surface area (Å²) < 4.78 is 0. The quantitative estimate of drug-likeness (QED) is 0.425. The third-order valence-corrected chi connectivity index (χ3v) is 0. The van der Waals surface area contributed by atoms with E-state index in [1.165, 1.54) is 0 Å². The fraction of sp³-hybridized carbons (Fsp3) is 0.667. The molecule has 0 aromatic carbocycles. The first-order chi connectivity index (χ1) is 2.83. The molecule has 0 nitrogen and oxygen atoms in total. The summed E-state index contributed by atoms with van der Waals surface area (Å²) in [6, 6.07) is 0. The van der Waals surface area contributed by atoms with Crippen LogP contribution in [0.4, 0.5) is 0 Å². The van der Waals surface area contributed by atoms with Crippen molar-refractivity contribution in [3.05, 3.63) is 13.3 Å². The van der Waals surface area contributed by atoms with Gasteiger partial charge in [0, 0.05) is 0 Å². The predicted molar refractivity (Wildman–Crippen MR) is 31.3 cm³/mol. The average molecular weight is 86.2 g/mol. The van der Waals surface area contributed by atoms with Gasteiger partial charge in [-0.3, -0.25) is 0 Å². The summed E-state index contributed by atoms with van der Waals surface area (Å²) in [4.78, 5) is 0. The monoisotopic (exact) mass is 86.1 g/mol. The second kappa shape index (κ2) is 20.0. The van der Waals surface area contributed by atoms with E-state index in [2.05, 4.69) is 6.92 Å². The minimum Gasteiger partial charge on any atom is -0.0654 e. The molecule has 0 saturated heterocycles. The minimum absolute atomic E-state index is 1.00. The Bertz CT molecular complexity index is 2.00. The van der Waals surface area contributed by atoms with Crippen LogP contribution in [0.3, 0.4) is 0 Å². The van der Waals surface area contributed by atoms with E-state index in [0.717, 1.165) is 6.42 Å². The Hall–Kier alpha value is 0. The first-order valence-corrected chi connectivity index (χ1v) is 2.36. The van der Waals surface area contributed by atoms with E-state index in [4.69, 9.17) is 0 Å². The summed E-state index contributed by atoms with van der Waals surface area (Å²) in [7, 11) is 0. The average Bonchev–Trinajstić information content (AvgIpc) is 1.39. The summed E-state index contributed by atoms with van der Waals surface area (Å²) >= 11 is 0. The van der Waals surface area contributed by atoms with Crippen molar-refractivity contribution >= 4 is 0 Å². The molecule has 0 spiro atoms. The van der Waals surface area contributed by atoms with Crippen LogP contribution < -0.4 is 0 Å². The van der Waals surface area contributed by atoms with Crippen molar-refractivity contribution in [2.75, 3.05) is 0 Å². The summed E-state index contributed by atoms with van der Waals surface area (Å²) in [6.07, 6.45) is 3.00. The van der Waals surface area contributed by atoms with E-state index < -0.39 is 0 Å². The highest BCUT2D eigenvalue weighted by atomic mass is 13.4. The Kier molecular flexibility index (Phi) is 31.2. The molecule has 0 fully saturated rings. The standard InChI is InChI=1S/2C3H7/c2*1-3-2/h3H,1-2H3;1,3H2,2H3. The van der Waals surface area contributed by atoms with Crippen molar-refractivity contribution < 1.29 is 0 Å². The van der Waals surface area contributed by atoms with Crippen molar-refractivity contribution in [2.45, 2.75) is 27.2 Å². The lowest BCUT2D eigenvalue weighted by Crippen LogP contribution is -1.30. The fourth-order valence-electron chi connectivity index (χ4n) is 0. The van der Waals surface area contributed by atoms with Gasteiger partial charge in [0.2, 0.25) is 0 Å². The SMILES string of the molecule is C[CH]C.[CH2]CC. The third kappa shape index (κ3) is 0. The van der Waals surface area contributed by atoms with Crippen LogP contribution in [0.5, 0.6) is 0 Å².